The molecule has 1 spiro atoms. The molecule has 25 heavy (non-hydrogen) atoms. The SMILES string of the molecule is Cc1cc(O)ccc1C(=O)N1CC[C@@]23OC[C@@H](C(C)C)N2C(=O)C[C@@H]13. The van der Waals surface area contributed by atoms with E-state index >= 15 is 0 Å². The first kappa shape index (κ1) is 16.4. The lowest BCUT2D eigenvalue weighted by Gasteiger charge is -2.34. The zero-order valence-corrected chi connectivity index (χ0v) is 14.9. The number of aryl methyl sites for hydroxylation is 1. The number of nitrogens with zero attached hydrogens (tertiary/aromatic N) is 2. The van der Waals surface area contributed by atoms with Crippen molar-refractivity contribution in [2.45, 2.75) is 51.4 Å². The summed E-state index contributed by atoms with van der Waals surface area (Å²) < 4.78 is 6.17. The molecule has 0 aromatic heterocycles. The van der Waals surface area contributed by atoms with E-state index in [0.717, 1.165) is 5.56 Å². The Labute approximate surface area is 147 Å². The van der Waals surface area contributed by atoms with Crippen molar-refractivity contribution >= 4 is 11.8 Å². The third-order valence-corrected chi connectivity index (χ3v) is 5.96. The summed E-state index contributed by atoms with van der Waals surface area (Å²) >= 11 is 0. The molecule has 3 saturated heterocycles. The minimum absolute atomic E-state index is 0.0844. The van der Waals surface area contributed by atoms with Gasteiger partial charge in [0.05, 0.1) is 25.1 Å². The number of carbonyl (C=O) groups excluding carboxylic acids is 2. The number of hydrogen-bond acceptors (Lipinski definition) is 4. The van der Waals surface area contributed by atoms with Crippen molar-refractivity contribution in [2.75, 3.05) is 13.2 Å². The molecule has 0 radical (unpaired) electrons. The predicted octanol–water partition coefficient (Wildman–Crippen LogP) is 1.90. The molecule has 3 fully saturated rings. The lowest BCUT2D eigenvalue weighted by Crippen LogP contribution is -2.51. The first-order chi connectivity index (χ1) is 11.8. The van der Waals surface area contributed by atoms with Crippen molar-refractivity contribution in [3.05, 3.63) is 29.3 Å². The molecule has 3 heterocycles. The van der Waals surface area contributed by atoms with E-state index in [9.17, 15) is 14.7 Å². The summed E-state index contributed by atoms with van der Waals surface area (Å²) in [5.41, 5.74) is 0.658. The number of aromatic hydroxyl groups is 1. The maximum absolute atomic E-state index is 13.1. The second-order valence-electron chi connectivity index (χ2n) is 7.70. The number of carbonyl (C=O) groups is 2. The highest BCUT2D eigenvalue weighted by molar-refractivity contribution is 5.97. The van der Waals surface area contributed by atoms with Crippen LogP contribution in [0.1, 0.15) is 42.6 Å². The number of benzene rings is 1. The predicted molar refractivity (Wildman–Crippen MR) is 91.1 cm³/mol. The Morgan fingerprint density at radius 1 is 1.40 bits per heavy atom. The lowest BCUT2D eigenvalue weighted by molar-refractivity contribution is -0.139. The van der Waals surface area contributed by atoms with Crippen LogP contribution in [0, 0.1) is 12.8 Å². The van der Waals surface area contributed by atoms with Crippen molar-refractivity contribution in [3.8, 4) is 5.75 Å². The van der Waals surface area contributed by atoms with Gasteiger partial charge >= 0.3 is 0 Å². The minimum atomic E-state index is -0.646. The molecule has 3 atom stereocenters. The number of ether oxygens (including phenoxy) is 1. The van der Waals surface area contributed by atoms with E-state index in [1.54, 1.807) is 17.0 Å². The van der Waals surface area contributed by atoms with Crippen LogP contribution in [0.2, 0.25) is 0 Å². The van der Waals surface area contributed by atoms with Crippen LogP contribution in [0.3, 0.4) is 0 Å². The molecule has 1 aromatic rings. The van der Waals surface area contributed by atoms with Gasteiger partial charge in [-0.2, -0.15) is 0 Å². The van der Waals surface area contributed by atoms with Gasteiger partial charge in [-0.05, 0) is 36.6 Å². The highest BCUT2D eigenvalue weighted by atomic mass is 16.5. The second kappa shape index (κ2) is 5.46. The normalized spacial score (nSPS) is 31.0. The summed E-state index contributed by atoms with van der Waals surface area (Å²) in [4.78, 5) is 29.5. The number of hydrogen-bond donors (Lipinski definition) is 1. The molecular weight excluding hydrogens is 320 g/mol. The molecule has 3 aliphatic rings. The molecule has 6 nitrogen and oxygen atoms in total. The quantitative estimate of drug-likeness (QED) is 0.890. The lowest BCUT2D eigenvalue weighted by atomic mass is 10.0. The summed E-state index contributed by atoms with van der Waals surface area (Å²) in [6.07, 6.45) is 0.988. The second-order valence-corrected chi connectivity index (χ2v) is 7.70. The van der Waals surface area contributed by atoms with Gasteiger partial charge < -0.3 is 19.6 Å². The number of likely N-dealkylation sites (tertiary alicyclic amines) is 1. The van der Waals surface area contributed by atoms with Crippen molar-refractivity contribution < 1.29 is 19.4 Å². The van der Waals surface area contributed by atoms with Gasteiger partial charge in [-0.1, -0.05) is 13.8 Å². The van der Waals surface area contributed by atoms with Gasteiger partial charge in [0.15, 0.2) is 5.72 Å². The topological polar surface area (TPSA) is 70.1 Å². The Kier molecular flexibility index (Phi) is 3.58. The van der Waals surface area contributed by atoms with E-state index in [2.05, 4.69) is 13.8 Å². The third-order valence-electron chi connectivity index (χ3n) is 5.96. The fourth-order valence-electron chi connectivity index (χ4n) is 4.66. The Bertz CT molecular complexity index is 747. The zero-order chi connectivity index (χ0) is 17.9. The highest BCUT2D eigenvalue weighted by Gasteiger charge is 2.65. The third kappa shape index (κ3) is 2.20. The first-order valence-electron chi connectivity index (χ1n) is 8.92. The van der Waals surface area contributed by atoms with Gasteiger partial charge in [0.2, 0.25) is 5.91 Å². The number of phenols is 1. The molecule has 4 rings (SSSR count). The summed E-state index contributed by atoms with van der Waals surface area (Å²) in [5, 5.41) is 9.58. The van der Waals surface area contributed by atoms with Gasteiger partial charge in [-0.25, -0.2) is 0 Å². The zero-order valence-electron chi connectivity index (χ0n) is 14.9. The summed E-state index contributed by atoms with van der Waals surface area (Å²) in [6.45, 7) is 7.14. The molecule has 0 bridgehead atoms. The van der Waals surface area contributed by atoms with Crippen LogP contribution in [0.4, 0.5) is 0 Å². The Morgan fingerprint density at radius 3 is 2.84 bits per heavy atom. The standard InChI is InChI=1S/C19H24N2O4/c1-11(2)15-10-25-19-6-7-20(16(19)9-17(23)21(15)19)18(24)14-5-4-13(22)8-12(14)3/h4-5,8,11,15-16,22H,6-7,9-10H2,1-3H3/t15-,16+,19-/m0/s1. The van der Waals surface area contributed by atoms with E-state index in [1.807, 2.05) is 11.8 Å². The van der Waals surface area contributed by atoms with Crippen LogP contribution in [0.25, 0.3) is 0 Å². The van der Waals surface area contributed by atoms with Crippen LogP contribution < -0.4 is 0 Å². The number of amides is 2. The van der Waals surface area contributed by atoms with E-state index in [1.165, 1.54) is 6.07 Å². The van der Waals surface area contributed by atoms with E-state index < -0.39 is 5.72 Å². The largest absolute Gasteiger partial charge is 0.508 e. The van der Waals surface area contributed by atoms with Crippen LogP contribution in [-0.2, 0) is 9.53 Å². The summed E-state index contributed by atoms with van der Waals surface area (Å²) in [5.74, 6) is 0.464. The molecule has 2 amide bonds. The van der Waals surface area contributed by atoms with Crippen LogP contribution in [0.15, 0.2) is 18.2 Å². The molecule has 6 heteroatoms. The first-order valence-corrected chi connectivity index (χ1v) is 8.92. The molecular formula is C19H24N2O4. The average molecular weight is 344 g/mol. The van der Waals surface area contributed by atoms with Gasteiger partial charge in [0.1, 0.15) is 5.75 Å². The van der Waals surface area contributed by atoms with Crippen LogP contribution >= 0.6 is 0 Å². The Morgan fingerprint density at radius 2 is 2.16 bits per heavy atom. The summed E-state index contributed by atoms with van der Waals surface area (Å²) in [6, 6.07) is 4.62. The van der Waals surface area contributed by atoms with Gasteiger partial charge in [0, 0.05) is 18.5 Å². The van der Waals surface area contributed by atoms with E-state index in [-0.39, 0.29) is 29.6 Å². The molecule has 0 aliphatic carbocycles. The minimum Gasteiger partial charge on any atom is -0.508 e. The molecule has 1 N–H and O–H groups in total. The van der Waals surface area contributed by atoms with Crippen molar-refractivity contribution in [1.29, 1.82) is 0 Å². The smallest absolute Gasteiger partial charge is 0.254 e. The van der Waals surface area contributed by atoms with Crippen LogP contribution in [0.5, 0.6) is 5.75 Å². The Balaban J connectivity index is 1.65. The average Bonchev–Trinajstić information content (AvgIpc) is 3.16. The van der Waals surface area contributed by atoms with Crippen molar-refractivity contribution in [1.82, 2.24) is 9.80 Å². The van der Waals surface area contributed by atoms with Crippen molar-refractivity contribution in [2.24, 2.45) is 5.92 Å². The van der Waals surface area contributed by atoms with E-state index in [4.69, 9.17) is 4.74 Å². The molecule has 134 valence electrons. The maximum atomic E-state index is 13.1. The fraction of sp³-hybridized carbons (Fsp3) is 0.579. The van der Waals surface area contributed by atoms with E-state index in [0.29, 0.717) is 37.5 Å². The number of rotatable bonds is 2. The van der Waals surface area contributed by atoms with Gasteiger partial charge in [-0.3, -0.25) is 9.59 Å². The fourth-order valence-corrected chi connectivity index (χ4v) is 4.66. The maximum Gasteiger partial charge on any atom is 0.254 e. The molecule has 1 aromatic carbocycles. The van der Waals surface area contributed by atoms with Crippen molar-refractivity contribution in [3.63, 3.8) is 0 Å². The van der Waals surface area contributed by atoms with Gasteiger partial charge in [0.25, 0.3) is 5.91 Å². The van der Waals surface area contributed by atoms with Crippen LogP contribution in [-0.4, -0.2) is 57.7 Å². The highest BCUT2D eigenvalue weighted by Crippen LogP contribution is 2.49. The van der Waals surface area contributed by atoms with Gasteiger partial charge in [-0.15, -0.1) is 0 Å². The monoisotopic (exact) mass is 344 g/mol. The molecule has 3 aliphatic heterocycles. The summed E-state index contributed by atoms with van der Waals surface area (Å²) in [7, 11) is 0. The number of phenolic OH excluding ortho intramolecular Hbond substituents is 1. The molecule has 0 saturated carbocycles. The molecule has 0 unspecified atom stereocenters. The Hall–Kier alpha value is -2.08.